The highest BCUT2D eigenvalue weighted by molar-refractivity contribution is 6.13. The third-order valence-corrected chi connectivity index (χ3v) is 17.7. The van der Waals surface area contributed by atoms with Gasteiger partial charge in [-0.1, -0.05) is 155 Å². The maximum absolute atomic E-state index is 6.37. The van der Waals surface area contributed by atoms with Gasteiger partial charge in [-0.3, -0.25) is 0 Å². The summed E-state index contributed by atoms with van der Waals surface area (Å²) in [5, 5.41) is 2.32. The first kappa shape index (κ1) is 38.6. The van der Waals surface area contributed by atoms with Crippen molar-refractivity contribution in [1.29, 1.82) is 0 Å². The largest absolute Gasteiger partial charge is 0.456 e. The molecule has 2 nitrogen and oxygen atoms in total. The van der Waals surface area contributed by atoms with Crippen LogP contribution < -0.4 is 4.90 Å². The highest BCUT2D eigenvalue weighted by Crippen LogP contribution is 2.69. The number of benzene rings is 8. The molecule has 6 aliphatic carbocycles. The van der Waals surface area contributed by atoms with Crippen LogP contribution in [-0.4, -0.2) is 0 Å². The predicted octanol–water partition coefficient (Wildman–Crippen LogP) is 17.1. The fourth-order valence-electron chi connectivity index (χ4n) is 15.1. The van der Waals surface area contributed by atoms with Gasteiger partial charge in [-0.25, -0.2) is 0 Å². The second kappa shape index (κ2) is 13.7. The molecule has 0 saturated heterocycles. The Balaban J connectivity index is 0.952. The van der Waals surface area contributed by atoms with Gasteiger partial charge in [0.25, 0.3) is 0 Å². The Morgan fingerprint density at radius 3 is 1.68 bits per heavy atom. The maximum Gasteiger partial charge on any atom is 0.136 e. The van der Waals surface area contributed by atoms with E-state index in [1.165, 1.54) is 105 Å². The second-order valence-electron chi connectivity index (χ2n) is 21.7. The molecule has 4 bridgehead atoms. The number of anilines is 3. The Morgan fingerprint density at radius 2 is 0.924 bits per heavy atom. The normalized spacial score (nSPS) is 23.5. The first-order valence-corrected chi connectivity index (χ1v) is 24.6. The standard InChI is InChI=1S/C64H55NO/c1-62(2)53-19-9-7-16-49(53)50-30-28-45(37-57(50)62)65(44-26-24-41(25-27-44)47-14-5-6-15-48(47)51-18-13-23-60-61(51)52-17-8-12-22-59(52)66-60)46-29-31-55-58(38-46)64(56-21-11-10-20-54(56)63(55,3)4)42-33-39-32-40(35-42)36-43(64)34-39/h5-31,37-40,42-43H,32-36H2,1-4H3. The van der Waals surface area contributed by atoms with E-state index >= 15 is 0 Å². The van der Waals surface area contributed by atoms with Crippen molar-refractivity contribution in [1.82, 2.24) is 0 Å². The van der Waals surface area contributed by atoms with E-state index in [-0.39, 0.29) is 16.2 Å². The molecule has 8 aromatic carbocycles. The number of furan rings is 1. The average Bonchev–Trinajstić information content (AvgIpc) is 3.83. The molecular weight excluding hydrogens is 799 g/mol. The number of hydrogen-bond donors (Lipinski definition) is 0. The topological polar surface area (TPSA) is 16.4 Å². The molecule has 0 radical (unpaired) electrons. The molecule has 0 amide bonds. The van der Waals surface area contributed by atoms with Gasteiger partial charge in [0.05, 0.1) is 0 Å². The summed E-state index contributed by atoms with van der Waals surface area (Å²) in [6.45, 7) is 9.77. The van der Waals surface area contributed by atoms with Crippen LogP contribution in [0, 0.1) is 23.7 Å². The SMILES string of the molecule is CC1(C)c2ccccc2-c2ccc(N(c3ccc(-c4ccccc4-c4cccc5oc6ccccc6c45)cc3)c3ccc4c(c3)C3(c5ccccc5C4(C)C)C4CC5CC(C4)CC3C5)cc21. The molecule has 1 spiro atoms. The number of nitrogens with zero attached hydrogens (tertiary/aromatic N) is 1. The summed E-state index contributed by atoms with van der Waals surface area (Å²) in [4.78, 5) is 2.57. The van der Waals surface area contributed by atoms with Crippen LogP contribution in [0.3, 0.4) is 0 Å². The van der Waals surface area contributed by atoms with Crippen molar-refractivity contribution in [3.63, 3.8) is 0 Å². The Labute approximate surface area is 389 Å². The van der Waals surface area contributed by atoms with Crippen molar-refractivity contribution in [3.8, 4) is 33.4 Å². The second-order valence-corrected chi connectivity index (χ2v) is 21.7. The summed E-state index contributed by atoms with van der Waals surface area (Å²) < 4.78 is 6.37. The molecule has 0 unspecified atom stereocenters. The first-order valence-electron chi connectivity index (χ1n) is 24.6. The van der Waals surface area contributed by atoms with E-state index in [0.29, 0.717) is 11.8 Å². The zero-order valence-corrected chi connectivity index (χ0v) is 38.4. The third kappa shape index (κ3) is 5.19. The lowest BCUT2D eigenvalue weighted by atomic mass is 9.39. The van der Waals surface area contributed by atoms with Gasteiger partial charge in [0.1, 0.15) is 11.2 Å². The van der Waals surface area contributed by atoms with E-state index in [1.54, 1.807) is 16.7 Å². The molecule has 322 valence electrons. The number of para-hydroxylation sites is 1. The van der Waals surface area contributed by atoms with Crippen LogP contribution in [0.2, 0.25) is 0 Å². The molecular formula is C64H55NO. The van der Waals surface area contributed by atoms with Crippen molar-refractivity contribution < 1.29 is 4.42 Å². The van der Waals surface area contributed by atoms with Crippen molar-refractivity contribution in [2.75, 3.05) is 4.90 Å². The van der Waals surface area contributed by atoms with Gasteiger partial charge >= 0.3 is 0 Å². The lowest BCUT2D eigenvalue weighted by Crippen LogP contribution is -2.58. The molecule has 1 aromatic heterocycles. The molecule has 4 fully saturated rings. The van der Waals surface area contributed by atoms with Crippen LogP contribution >= 0.6 is 0 Å². The van der Waals surface area contributed by atoms with Gasteiger partial charge in [0.15, 0.2) is 0 Å². The van der Waals surface area contributed by atoms with E-state index in [1.807, 2.05) is 0 Å². The summed E-state index contributed by atoms with van der Waals surface area (Å²) in [5.74, 6) is 3.13. The molecule has 4 saturated carbocycles. The highest BCUT2D eigenvalue weighted by Gasteiger charge is 2.62. The van der Waals surface area contributed by atoms with E-state index in [4.69, 9.17) is 4.42 Å². The molecule has 0 N–H and O–H groups in total. The van der Waals surface area contributed by atoms with E-state index in [0.717, 1.165) is 28.4 Å². The summed E-state index contributed by atoms with van der Waals surface area (Å²) in [7, 11) is 0. The van der Waals surface area contributed by atoms with Gasteiger partial charge in [0, 0.05) is 44.1 Å². The van der Waals surface area contributed by atoms with Crippen molar-refractivity contribution in [3.05, 3.63) is 209 Å². The summed E-state index contributed by atoms with van der Waals surface area (Å²) in [5.41, 5.74) is 21.9. The minimum atomic E-state index is -0.113. The summed E-state index contributed by atoms with van der Waals surface area (Å²) in [6.07, 6.45) is 6.91. The quantitative estimate of drug-likeness (QED) is 0.171. The van der Waals surface area contributed by atoms with Gasteiger partial charge in [-0.05, 0) is 171 Å². The van der Waals surface area contributed by atoms with E-state index in [9.17, 15) is 0 Å². The number of rotatable bonds is 5. The van der Waals surface area contributed by atoms with Crippen molar-refractivity contribution in [2.45, 2.75) is 76.0 Å². The van der Waals surface area contributed by atoms with E-state index in [2.05, 4.69) is 209 Å². The Morgan fingerprint density at radius 1 is 0.394 bits per heavy atom. The molecule has 15 rings (SSSR count). The molecule has 6 aliphatic rings. The lowest BCUT2D eigenvalue weighted by Gasteiger charge is -2.64. The number of fused-ring (bicyclic) bond motifs is 8. The van der Waals surface area contributed by atoms with Crippen LogP contribution in [0.1, 0.15) is 93.2 Å². The van der Waals surface area contributed by atoms with Crippen molar-refractivity contribution >= 4 is 39.0 Å². The average molecular weight is 854 g/mol. The zero-order chi connectivity index (χ0) is 44.1. The Bertz CT molecular complexity index is 3420. The number of hydrogen-bond acceptors (Lipinski definition) is 2. The Hall–Kier alpha value is -6.64. The molecule has 0 atom stereocenters. The molecule has 2 heteroatoms. The third-order valence-electron chi connectivity index (χ3n) is 17.7. The fraction of sp³-hybridized carbons (Fsp3) is 0.250. The van der Waals surface area contributed by atoms with Crippen LogP contribution in [-0.2, 0) is 16.2 Å². The molecule has 0 aliphatic heterocycles. The van der Waals surface area contributed by atoms with E-state index < -0.39 is 0 Å². The van der Waals surface area contributed by atoms with Gasteiger partial charge in [-0.2, -0.15) is 0 Å². The molecule has 1 heterocycles. The van der Waals surface area contributed by atoms with Gasteiger partial charge in [-0.15, -0.1) is 0 Å². The van der Waals surface area contributed by atoms with Crippen LogP contribution in [0.15, 0.2) is 180 Å². The minimum Gasteiger partial charge on any atom is -0.456 e. The summed E-state index contributed by atoms with van der Waals surface area (Å²) >= 11 is 0. The molecule has 9 aromatic rings. The predicted molar refractivity (Wildman–Crippen MR) is 273 cm³/mol. The monoisotopic (exact) mass is 853 g/mol. The minimum absolute atomic E-state index is 0.0366. The van der Waals surface area contributed by atoms with Gasteiger partial charge < -0.3 is 9.32 Å². The van der Waals surface area contributed by atoms with Crippen molar-refractivity contribution in [2.24, 2.45) is 23.7 Å². The fourth-order valence-corrected chi connectivity index (χ4v) is 15.1. The lowest BCUT2D eigenvalue weighted by molar-refractivity contribution is -0.0443. The van der Waals surface area contributed by atoms with Crippen LogP contribution in [0.5, 0.6) is 0 Å². The summed E-state index contributed by atoms with van der Waals surface area (Å²) in [6, 6.07) is 66.8. The highest BCUT2D eigenvalue weighted by atomic mass is 16.3. The molecule has 66 heavy (non-hydrogen) atoms. The van der Waals surface area contributed by atoms with Crippen LogP contribution in [0.25, 0.3) is 55.3 Å². The van der Waals surface area contributed by atoms with Gasteiger partial charge in [0.2, 0.25) is 0 Å². The maximum atomic E-state index is 6.37. The first-order chi connectivity index (χ1) is 32.2. The zero-order valence-electron chi connectivity index (χ0n) is 38.4. The Kier molecular flexibility index (Phi) is 8.02. The van der Waals surface area contributed by atoms with Crippen LogP contribution in [0.4, 0.5) is 17.1 Å². The smallest absolute Gasteiger partial charge is 0.136 e.